The number of sulfone groups is 1. The average molecular weight is 267 g/mol. The van der Waals surface area contributed by atoms with Gasteiger partial charge in [0.2, 0.25) is 0 Å². The molecular formula is C14H21NO2S. The van der Waals surface area contributed by atoms with Gasteiger partial charge in [-0.3, -0.25) is 0 Å². The minimum Gasteiger partial charge on any atom is -0.310 e. The van der Waals surface area contributed by atoms with E-state index < -0.39 is 9.84 Å². The molecule has 1 aromatic carbocycles. The highest BCUT2D eigenvalue weighted by Gasteiger charge is 2.30. The molecule has 1 aliphatic heterocycles. The largest absolute Gasteiger partial charge is 0.310 e. The summed E-state index contributed by atoms with van der Waals surface area (Å²) in [6, 6.07) is 4.05. The van der Waals surface area contributed by atoms with Crippen molar-refractivity contribution in [1.82, 2.24) is 5.32 Å². The van der Waals surface area contributed by atoms with Gasteiger partial charge in [-0.15, -0.1) is 0 Å². The molecule has 0 aromatic heterocycles. The SMILES string of the molecule is CCCNC1CCS(=O)(=O)c2cc(C)c(C)cc21. The van der Waals surface area contributed by atoms with Crippen molar-refractivity contribution in [3.63, 3.8) is 0 Å². The van der Waals surface area contributed by atoms with Crippen LogP contribution in [0.2, 0.25) is 0 Å². The first-order valence-electron chi connectivity index (χ1n) is 6.53. The van der Waals surface area contributed by atoms with Gasteiger partial charge in [0.15, 0.2) is 9.84 Å². The molecule has 1 aromatic rings. The molecule has 0 bridgehead atoms. The Kier molecular flexibility index (Phi) is 3.78. The van der Waals surface area contributed by atoms with Crippen LogP contribution in [0.3, 0.4) is 0 Å². The lowest BCUT2D eigenvalue weighted by Gasteiger charge is -2.27. The highest BCUT2D eigenvalue weighted by molar-refractivity contribution is 7.91. The van der Waals surface area contributed by atoms with Gasteiger partial charge >= 0.3 is 0 Å². The fraction of sp³-hybridized carbons (Fsp3) is 0.571. The number of rotatable bonds is 3. The molecule has 3 nitrogen and oxygen atoms in total. The molecule has 0 aliphatic carbocycles. The third kappa shape index (κ3) is 2.45. The standard InChI is InChI=1S/C14H21NO2S/c1-4-6-15-13-5-7-18(16,17)14-9-11(3)10(2)8-12(13)14/h8-9,13,15H,4-7H2,1-3H3. The summed E-state index contributed by atoms with van der Waals surface area (Å²) in [4.78, 5) is 0.533. The van der Waals surface area contributed by atoms with Crippen molar-refractivity contribution < 1.29 is 8.42 Å². The van der Waals surface area contributed by atoms with Crippen molar-refractivity contribution in [1.29, 1.82) is 0 Å². The summed E-state index contributed by atoms with van der Waals surface area (Å²) in [7, 11) is -3.08. The third-order valence-electron chi connectivity index (χ3n) is 3.65. The Morgan fingerprint density at radius 3 is 2.61 bits per heavy atom. The molecule has 0 amide bonds. The van der Waals surface area contributed by atoms with Crippen LogP contribution in [0.1, 0.15) is 42.5 Å². The van der Waals surface area contributed by atoms with Gasteiger partial charge in [-0.2, -0.15) is 0 Å². The fourth-order valence-electron chi connectivity index (χ4n) is 2.42. The molecule has 1 aliphatic rings. The first-order chi connectivity index (χ1) is 8.45. The molecule has 0 radical (unpaired) electrons. The summed E-state index contributed by atoms with van der Waals surface area (Å²) in [6.07, 6.45) is 1.74. The Balaban J connectivity index is 2.49. The molecule has 1 heterocycles. The van der Waals surface area contributed by atoms with E-state index >= 15 is 0 Å². The summed E-state index contributed by atoms with van der Waals surface area (Å²) < 4.78 is 24.3. The molecule has 0 spiro atoms. The molecular weight excluding hydrogens is 246 g/mol. The van der Waals surface area contributed by atoms with E-state index in [1.807, 2.05) is 26.0 Å². The van der Waals surface area contributed by atoms with Crippen LogP contribution in [-0.4, -0.2) is 20.7 Å². The minimum atomic E-state index is -3.08. The van der Waals surface area contributed by atoms with Crippen LogP contribution >= 0.6 is 0 Å². The predicted molar refractivity (Wildman–Crippen MR) is 73.6 cm³/mol. The van der Waals surface area contributed by atoms with Crippen LogP contribution in [0.4, 0.5) is 0 Å². The first-order valence-corrected chi connectivity index (χ1v) is 8.18. The zero-order valence-corrected chi connectivity index (χ0v) is 12.1. The summed E-state index contributed by atoms with van der Waals surface area (Å²) in [5.74, 6) is 0.254. The van der Waals surface area contributed by atoms with Crippen LogP contribution < -0.4 is 5.32 Å². The highest BCUT2D eigenvalue weighted by atomic mass is 32.2. The Bertz CT molecular complexity index is 549. The molecule has 18 heavy (non-hydrogen) atoms. The maximum Gasteiger partial charge on any atom is 0.178 e. The van der Waals surface area contributed by atoms with Crippen molar-refractivity contribution in [2.45, 2.75) is 44.6 Å². The quantitative estimate of drug-likeness (QED) is 0.915. The first kappa shape index (κ1) is 13.6. The summed E-state index contributed by atoms with van der Waals surface area (Å²) in [6.45, 7) is 7.05. The fourth-order valence-corrected chi connectivity index (χ4v) is 4.11. The Morgan fingerprint density at radius 2 is 1.94 bits per heavy atom. The minimum absolute atomic E-state index is 0.183. The van der Waals surface area contributed by atoms with E-state index in [0.717, 1.165) is 29.7 Å². The van der Waals surface area contributed by atoms with Crippen molar-refractivity contribution >= 4 is 9.84 Å². The normalized spacial score (nSPS) is 21.6. The molecule has 1 unspecified atom stereocenters. The Hall–Kier alpha value is -0.870. The van der Waals surface area contributed by atoms with Crippen molar-refractivity contribution in [2.24, 2.45) is 0 Å². The summed E-state index contributed by atoms with van der Waals surface area (Å²) >= 11 is 0. The monoisotopic (exact) mass is 267 g/mol. The number of hydrogen-bond acceptors (Lipinski definition) is 3. The zero-order valence-electron chi connectivity index (χ0n) is 11.3. The van der Waals surface area contributed by atoms with Crippen molar-refractivity contribution in [3.05, 3.63) is 28.8 Å². The molecule has 0 fully saturated rings. The second kappa shape index (κ2) is 5.02. The van der Waals surface area contributed by atoms with Gasteiger partial charge in [0, 0.05) is 6.04 Å². The van der Waals surface area contributed by atoms with Gasteiger partial charge < -0.3 is 5.32 Å². The zero-order chi connectivity index (χ0) is 13.3. The molecule has 4 heteroatoms. The van der Waals surface area contributed by atoms with Gasteiger partial charge in [-0.05, 0) is 56.0 Å². The second-order valence-corrected chi connectivity index (χ2v) is 7.17. The smallest absolute Gasteiger partial charge is 0.178 e. The van der Waals surface area contributed by atoms with Crippen LogP contribution in [0.5, 0.6) is 0 Å². The topological polar surface area (TPSA) is 46.2 Å². The van der Waals surface area contributed by atoms with Crippen LogP contribution in [0, 0.1) is 13.8 Å². The van der Waals surface area contributed by atoms with Gasteiger partial charge in [0.25, 0.3) is 0 Å². The van der Waals surface area contributed by atoms with E-state index in [-0.39, 0.29) is 11.8 Å². The van der Waals surface area contributed by atoms with Gasteiger partial charge in [-0.25, -0.2) is 8.42 Å². The lowest BCUT2D eigenvalue weighted by molar-refractivity contribution is 0.491. The maximum absolute atomic E-state index is 12.1. The summed E-state index contributed by atoms with van der Waals surface area (Å²) in [5.41, 5.74) is 3.17. The van der Waals surface area contributed by atoms with E-state index in [1.165, 1.54) is 0 Å². The second-order valence-electron chi connectivity index (χ2n) is 5.09. The Labute approximate surface area is 110 Å². The molecule has 0 saturated heterocycles. The van der Waals surface area contributed by atoms with E-state index in [2.05, 4.69) is 12.2 Å². The van der Waals surface area contributed by atoms with E-state index in [1.54, 1.807) is 0 Å². The molecule has 100 valence electrons. The molecule has 1 N–H and O–H groups in total. The van der Waals surface area contributed by atoms with E-state index in [9.17, 15) is 8.42 Å². The predicted octanol–water partition coefficient (Wildman–Crippen LogP) is 2.52. The average Bonchev–Trinajstić information content (AvgIpc) is 2.31. The van der Waals surface area contributed by atoms with E-state index in [0.29, 0.717) is 11.3 Å². The van der Waals surface area contributed by atoms with Crippen LogP contribution in [0.25, 0.3) is 0 Å². The third-order valence-corrected chi connectivity index (χ3v) is 5.45. The number of benzene rings is 1. The lowest BCUT2D eigenvalue weighted by Crippen LogP contribution is -2.30. The van der Waals surface area contributed by atoms with Gasteiger partial charge in [-0.1, -0.05) is 13.0 Å². The van der Waals surface area contributed by atoms with Crippen molar-refractivity contribution in [3.8, 4) is 0 Å². The van der Waals surface area contributed by atoms with Gasteiger partial charge in [0.1, 0.15) is 0 Å². The lowest BCUT2D eigenvalue weighted by atomic mass is 9.98. The Morgan fingerprint density at radius 1 is 1.28 bits per heavy atom. The molecule has 1 atom stereocenters. The molecule has 2 rings (SSSR count). The molecule has 0 saturated carbocycles. The van der Waals surface area contributed by atoms with Crippen LogP contribution in [-0.2, 0) is 9.84 Å². The number of fused-ring (bicyclic) bond motifs is 1. The van der Waals surface area contributed by atoms with Gasteiger partial charge in [0.05, 0.1) is 10.6 Å². The number of hydrogen-bond donors (Lipinski definition) is 1. The number of nitrogens with one attached hydrogen (secondary N) is 1. The van der Waals surface area contributed by atoms with E-state index in [4.69, 9.17) is 0 Å². The maximum atomic E-state index is 12.1. The highest BCUT2D eigenvalue weighted by Crippen LogP contribution is 2.33. The van der Waals surface area contributed by atoms with Crippen molar-refractivity contribution in [2.75, 3.05) is 12.3 Å². The number of aryl methyl sites for hydroxylation is 2. The summed E-state index contributed by atoms with van der Waals surface area (Å²) in [5, 5.41) is 3.45. The van der Waals surface area contributed by atoms with Crippen LogP contribution in [0.15, 0.2) is 17.0 Å².